The molecule has 180 valence electrons. The average Bonchev–Trinajstić information content (AvgIpc) is 3.44. The van der Waals surface area contributed by atoms with E-state index in [1.807, 2.05) is 24.3 Å². The Morgan fingerprint density at radius 2 is 2.11 bits per heavy atom. The quantitative estimate of drug-likeness (QED) is 0.554. The first kappa shape index (κ1) is 22.1. The summed E-state index contributed by atoms with van der Waals surface area (Å²) in [5.74, 6) is 1.20. The Morgan fingerprint density at radius 1 is 1.23 bits per heavy atom. The third-order valence-corrected chi connectivity index (χ3v) is 7.93. The SMILES string of the molecule is Cc1ccc(OCc2cc(C)c3c(c2)CCNC3)c(-c2cccc(N3C[C@@H]4C[C@]4(C(=O)O)C3)n2)c1. The van der Waals surface area contributed by atoms with Gasteiger partial charge in [0, 0.05) is 25.2 Å². The van der Waals surface area contributed by atoms with Crippen molar-refractivity contribution < 1.29 is 14.6 Å². The Labute approximate surface area is 206 Å². The Balaban J connectivity index is 1.25. The van der Waals surface area contributed by atoms with Crippen LogP contribution >= 0.6 is 0 Å². The number of hydrogen-bond acceptors (Lipinski definition) is 5. The molecule has 2 aliphatic heterocycles. The first-order chi connectivity index (χ1) is 16.9. The predicted octanol–water partition coefficient (Wildman–Crippen LogP) is 4.50. The molecule has 1 saturated carbocycles. The van der Waals surface area contributed by atoms with Crippen molar-refractivity contribution in [1.82, 2.24) is 10.3 Å². The van der Waals surface area contributed by atoms with Crippen molar-refractivity contribution in [1.29, 1.82) is 0 Å². The van der Waals surface area contributed by atoms with Gasteiger partial charge in [0.05, 0.1) is 11.1 Å². The molecule has 3 aliphatic rings. The molecule has 1 saturated heterocycles. The van der Waals surface area contributed by atoms with E-state index in [0.29, 0.717) is 13.2 Å². The number of piperidine rings is 1. The summed E-state index contributed by atoms with van der Waals surface area (Å²) in [4.78, 5) is 18.8. The molecule has 0 amide bonds. The summed E-state index contributed by atoms with van der Waals surface area (Å²) in [6.07, 6.45) is 1.84. The Morgan fingerprint density at radius 3 is 2.94 bits per heavy atom. The van der Waals surface area contributed by atoms with E-state index in [9.17, 15) is 9.90 Å². The fourth-order valence-corrected chi connectivity index (χ4v) is 5.84. The van der Waals surface area contributed by atoms with Crippen LogP contribution in [0.2, 0.25) is 0 Å². The molecule has 6 rings (SSSR count). The molecule has 6 heteroatoms. The second-order valence-electron chi connectivity index (χ2n) is 10.4. The summed E-state index contributed by atoms with van der Waals surface area (Å²) >= 11 is 0. The molecule has 3 aromatic rings. The largest absolute Gasteiger partial charge is 0.488 e. The Kier molecular flexibility index (Phi) is 5.29. The number of hydrogen-bond donors (Lipinski definition) is 2. The van der Waals surface area contributed by atoms with Gasteiger partial charge >= 0.3 is 5.97 Å². The normalized spacial score (nSPS) is 22.5. The van der Waals surface area contributed by atoms with Crippen LogP contribution in [-0.2, 0) is 24.4 Å². The fraction of sp³-hybridized carbons (Fsp3) is 0.379. The summed E-state index contributed by atoms with van der Waals surface area (Å²) in [6, 6.07) is 16.7. The highest BCUT2D eigenvalue weighted by molar-refractivity contribution is 5.81. The molecule has 0 spiro atoms. The van der Waals surface area contributed by atoms with E-state index >= 15 is 0 Å². The van der Waals surface area contributed by atoms with Crippen molar-refractivity contribution in [2.45, 2.75) is 39.8 Å². The van der Waals surface area contributed by atoms with Crippen molar-refractivity contribution in [3.63, 3.8) is 0 Å². The number of ether oxygens (including phenoxy) is 1. The summed E-state index contributed by atoms with van der Waals surface area (Å²) in [5, 5.41) is 13.1. The Bertz CT molecular complexity index is 1320. The highest BCUT2D eigenvalue weighted by atomic mass is 16.5. The highest BCUT2D eigenvalue weighted by Gasteiger charge is 2.65. The third-order valence-electron chi connectivity index (χ3n) is 7.93. The minimum atomic E-state index is -0.677. The summed E-state index contributed by atoms with van der Waals surface area (Å²) in [5.41, 5.74) is 7.72. The van der Waals surface area contributed by atoms with Crippen molar-refractivity contribution in [3.05, 3.63) is 76.3 Å². The fourth-order valence-electron chi connectivity index (χ4n) is 5.84. The molecular formula is C29H31N3O3. The lowest BCUT2D eigenvalue weighted by molar-refractivity contribution is -0.143. The number of nitrogens with zero attached hydrogens (tertiary/aromatic N) is 2. The summed E-state index contributed by atoms with van der Waals surface area (Å²) < 4.78 is 6.37. The first-order valence-corrected chi connectivity index (χ1v) is 12.4. The molecular weight excluding hydrogens is 438 g/mol. The van der Waals surface area contributed by atoms with Crippen molar-refractivity contribution in [3.8, 4) is 17.0 Å². The number of benzene rings is 2. The average molecular weight is 470 g/mol. The lowest BCUT2D eigenvalue weighted by atomic mass is 9.94. The van der Waals surface area contributed by atoms with Crippen LogP contribution in [0, 0.1) is 25.2 Å². The lowest BCUT2D eigenvalue weighted by Crippen LogP contribution is -2.29. The van der Waals surface area contributed by atoms with E-state index in [1.54, 1.807) is 0 Å². The molecule has 2 N–H and O–H groups in total. The van der Waals surface area contributed by atoms with Crippen LogP contribution in [0.25, 0.3) is 11.3 Å². The number of aromatic nitrogens is 1. The maximum Gasteiger partial charge on any atom is 0.311 e. The molecule has 1 aromatic heterocycles. The molecule has 2 aromatic carbocycles. The molecule has 6 nitrogen and oxygen atoms in total. The molecule has 3 heterocycles. The zero-order valence-electron chi connectivity index (χ0n) is 20.3. The standard InChI is InChI=1S/C29H31N3O3/c1-18-6-7-26(35-16-20-11-19(2)24-14-30-9-8-21(24)12-20)23(10-18)25-4-3-5-27(31-25)32-15-22-13-29(22,17-32)28(33)34/h3-7,10-12,22,30H,8-9,13-17H2,1-2H3,(H,33,34)/t22-,29-/m0/s1. The van der Waals surface area contributed by atoms with E-state index in [4.69, 9.17) is 9.72 Å². The van der Waals surface area contributed by atoms with E-state index in [0.717, 1.165) is 60.9 Å². The maximum atomic E-state index is 11.7. The van der Waals surface area contributed by atoms with Gasteiger partial charge in [0.25, 0.3) is 0 Å². The number of pyridine rings is 1. The predicted molar refractivity (Wildman–Crippen MR) is 136 cm³/mol. The number of aliphatic carboxylic acids is 1. The van der Waals surface area contributed by atoms with Crippen LogP contribution in [0.3, 0.4) is 0 Å². The number of anilines is 1. The smallest absolute Gasteiger partial charge is 0.311 e. The van der Waals surface area contributed by atoms with Crippen LogP contribution in [0.4, 0.5) is 5.82 Å². The minimum Gasteiger partial charge on any atom is -0.488 e. The summed E-state index contributed by atoms with van der Waals surface area (Å²) in [6.45, 7) is 8.01. The van der Waals surface area contributed by atoms with Gasteiger partial charge in [-0.05, 0) is 85.7 Å². The zero-order valence-corrected chi connectivity index (χ0v) is 20.3. The van der Waals surface area contributed by atoms with Gasteiger partial charge in [-0.25, -0.2) is 4.98 Å². The maximum absolute atomic E-state index is 11.7. The number of carbonyl (C=O) groups is 1. The first-order valence-electron chi connectivity index (χ1n) is 12.4. The minimum absolute atomic E-state index is 0.235. The van der Waals surface area contributed by atoms with E-state index in [1.165, 1.54) is 22.3 Å². The molecule has 0 radical (unpaired) electrons. The van der Waals surface area contributed by atoms with Crippen LogP contribution in [0.1, 0.15) is 34.2 Å². The summed E-state index contributed by atoms with van der Waals surface area (Å²) in [7, 11) is 0. The van der Waals surface area contributed by atoms with E-state index in [2.05, 4.69) is 48.3 Å². The van der Waals surface area contributed by atoms with Gasteiger partial charge in [-0.3, -0.25) is 4.79 Å². The molecule has 2 fully saturated rings. The van der Waals surface area contributed by atoms with E-state index in [-0.39, 0.29) is 5.92 Å². The monoisotopic (exact) mass is 469 g/mol. The van der Waals surface area contributed by atoms with Crippen molar-refractivity contribution >= 4 is 11.8 Å². The number of carboxylic acid groups (broad SMARTS) is 1. The van der Waals surface area contributed by atoms with Crippen LogP contribution in [-0.4, -0.2) is 35.7 Å². The number of carboxylic acids is 1. The van der Waals surface area contributed by atoms with Crippen molar-refractivity contribution in [2.75, 3.05) is 24.5 Å². The third kappa shape index (κ3) is 3.96. The number of rotatable bonds is 6. The van der Waals surface area contributed by atoms with Gasteiger partial charge < -0.3 is 20.1 Å². The van der Waals surface area contributed by atoms with Gasteiger partial charge in [-0.2, -0.15) is 0 Å². The molecule has 1 aliphatic carbocycles. The van der Waals surface area contributed by atoms with Crippen LogP contribution in [0.5, 0.6) is 5.75 Å². The second kappa shape index (κ2) is 8.38. The van der Waals surface area contributed by atoms with Gasteiger partial charge in [-0.1, -0.05) is 29.8 Å². The van der Waals surface area contributed by atoms with Crippen LogP contribution in [0.15, 0.2) is 48.5 Å². The van der Waals surface area contributed by atoms with Gasteiger partial charge in [0.15, 0.2) is 0 Å². The lowest BCUT2D eigenvalue weighted by Gasteiger charge is -2.22. The van der Waals surface area contributed by atoms with Gasteiger partial charge in [0.2, 0.25) is 0 Å². The number of aryl methyl sites for hydroxylation is 2. The van der Waals surface area contributed by atoms with Gasteiger partial charge in [0.1, 0.15) is 18.2 Å². The highest BCUT2D eigenvalue weighted by Crippen LogP contribution is 2.58. The van der Waals surface area contributed by atoms with Crippen LogP contribution < -0.4 is 15.0 Å². The number of nitrogens with one attached hydrogen (secondary N) is 1. The number of fused-ring (bicyclic) bond motifs is 2. The second-order valence-corrected chi connectivity index (χ2v) is 10.4. The van der Waals surface area contributed by atoms with Crippen molar-refractivity contribution in [2.24, 2.45) is 11.3 Å². The Hall–Kier alpha value is -3.38. The molecule has 35 heavy (non-hydrogen) atoms. The van der Waals surface area contributed by atoms with E-state index < -0.39 is 11.4 Å². The molecule has 0 bridgehead atoms. The topological polar surface area (TPSA) is 74.7 Å². The molecule has 0 unspecified atom stereocenters. The molecule has 2 atom stereocenters. The zero-order chi connectivity index (χ0) is 24.2. The van der Waals surface area contributed by atoms with Gasteiger partial charge in [-0.15, -0.1) is 0 Å².